The highest BCUT2D eigenvalue weighted by atomic mass is 32.1. The normalized spacial score (nSPS) is 11.6. The van der Waals surface area contributed by atoms with Crippen molar-refractivity contribution in [1.29, 1.82) is 0 Å². The molecular weight excluding hydrogens is 254 g/mol. The molecule has 0 spiro atoms. The van der Waals surface area contributed by atoms with Crippen LogP contribution in [0.25, 0.3) is 0 Å². The minimum atomic E-state index is 0.148. The first-order valence-electron chi connectivity index (χ1n) is 6.50. The van der Waals surface area contributed by atoms with E-state index in [1.807, 2.05) is 6.07 Å². The fraction of sp³-hybridized carbons (Fsp3) is 0.375. The van der Waals surface area contributed by atoms with Crippen LogP contribution in [0.2, 0.25) is 0 Å². The van der Waals surface area contributed by atoms with Gasteiger partial charge in [-0.1, -0.05) is 32.9 Å². The minimum absolute atomic E-state index is 0.148. The summed E-state index contributed by atoms with van der Waals surface area (Å²) in [7, 11) is 0. The number of hydrogen-bond acceptors (Lipinski definition) is 3. The molecule has 2 N–H and O–H groups in total. The molecule has 1 aromatic heterocycles. The Morgan fingerprint density at radius 2 is 1.84 bits per heavy atom. The summed E-state index contributed by atoms with van der Waals surface area (Å²) in [6.45, 7) is 7.83. The van der Waals surface area contributed by atoms with E-state index < -0.39 is 0 Å². The van der Waals surface area contributed by atoms with Gasteiger partial charge in [0, 0.05) is 16.3 Å². The summed E-state index contributed by atoms with van der Waals surface area (Å²) < 4.78 is 5.86. The quantitative estimate of drug-likeness (QED) is 0.912. The standard InChI is InChI=1S/C16H21NOS/c1-16(2,3)12-5-4-6-13(9-12)18-11-15-8-7-14(10-17)19-15/h4-9H,10-11,17H2,1-3H3. The lowest BCUT2D eigenvalue weighted by molar-refractivity contribution is 0.309. The highest BCUT2D eigenvalue weighted by molar-refractivity contribution is 7.11. The van der Waals surface area contributed by atoms with Gasteiger partial charge in [0.05, 0.1) is 0 Å². The number of hydrogen-bond donors (Lipinski definition) is 1. The van der Waals surface area contributed by atoms with Crippen molar-refractivity contribution in [2.75, 3.05) is 0 Å². The summed E-state index contributed by atoms with van der Waals surface area (Å²) in [5.74, 6) is 0.926. The first kappa shape index (κ1) is 14.1. The molecule has 0 saturated heterocycles. The second-order valence-corrected chi connectivity index (χ2v) is 6.89. The van der Waals surface area contributed by atoms with Crippen molar-refractivity contribution in [1.82, 2.24) is 0 Å². The molecule has 1 aromatic carbocycles. The van der Waals surface area contributed by atoms with Crippen molar-refractivity contribution >= 4 is 11.3 Å². The number of ether oxygens (including phenoxy) is 1. The molecule has 2 nitrogen and oxygen atoms in total. The Hall–Kier alpha value is -1.32. The van der Waals surface area contributed by atoms with Gasteiger partial charge in [0.2, 0.25) is 0 Å². The Labute approximate surface area is 119 Å². The Balaban J connectivity index is 2.03. The molecule has 0 atom stereocenters. The third-order valence-electron chi connectivity index (χ3n) is 3.00. The second kappa shape index (κ2) is 5.76. The molecular formula is C16H21NOS. The van der Waals surface area contributed by atoms with Crippen LogP contribution in [-0.2, 0) is 18.6 Å². The first-order chi connectivity index (χ1) is 8.99. The van der Waals surface area contributed by atoms with E-state index in [9.17, 15) is 0 Å². The van der Waals surface area contributed by atoms with Gasteiger partial charge in [-0.15, -0.1) is 11.3 Å². The van der Waals surface area contributed by atoms with Gasteiger partial charge in [0.15, 0.2) is 0 Å². The topological polar surface area (TPSA) is 35.2 Å². The fourth-order valence-corrected chi connectivity index (χ4v) is 2.63. The van der Waals surface area contributed by atoms with E-state index in [-0.39, 0.29) is 5.41 Å². The van der Waals surface area contributed by atoms with E-state index in [0.717, 1.165) is 5.75 Å². The van der Waals surface area contributed by atoms with Gasteiger partial charge in [-0.3, -0.25) is 0 Å². The van der Waals surface area contributed by atoms with Gasteiger partial charge in [0.25, 0.3) is 0 Å². The predicted octanol–water partition coefficient (Wildman–Crippen LogP) is 4.08. The van der Waals surface area contributed by atoms with E-state index in [0.29, 0.717) is 13.2 Å². The predicted molar refractivity (Wildman–Crippen MR) is 81.7 cm³/mol. The van der Waals surface area contributed by atoms with Gasteiger partial charge >= 0.3 is 0 Å². The lowest BCUT2D eigenvalue weighted by Crippen LogP contribution is -2.10. The summed E-state index contributed by atoms with van der Waals surface area (Å²) in [6.07, 6.45) is 0. The lowest BCUT2D eigenvalue weighted by Gasteiger charge is -2.19. The minimum Gasteiger partial charge on any atom is -0.488 e. The van der Waals surface area contributed by atoms with E-state index in [1.165, 1.54) is 15.3 Å². The van der Waals surface area contributed by atoms with Gasteiger partial charge in [-0.25, -0.2) is 0 Å². The summed E-state index contributed by atoms with van der Waals surface area (Å²) >= 11 is 1.71. The number of thiophene rings is 1. The van der Waals surface area contributed by atoms with Crippen molar-refractivity contribution in [3.8, 4) is 5.75 Å². The highest BCUT2D eigenvalue weighted by Crippen LogP contribution is 2.26. The number of nitrogens with two attached hydrogens (primary N) is 1. The van der Waals surface area contributed by atoms with Gasteiger partial charge in [-0.2, -0.15) is 0 Å². The van der Waals surface area contributed by atoms with E-state index >= 15 is 0 Å². The monoisotopic (exact) mass is 275 g/mol. The maximum atomic E-state index is 5.86. The van der Waals surface area contributed by atoms with Crippen LogP contribution in [0.4, 0.5) is 0 Å². The Bertz CT molecular complexity index is 540. The fourth-order valence-electron chi connectivity index (χ4n) is 1.82. The second-order valence-electron chi connectivity index (χ2n) is 5.64. The molecule has 102 valence electrons. The summed E-state index contributed by atoms with van der Waals surface area (Å²) in [4.78, 5) is 2.41. The molecule has 0 aliphatic carbocycles. The van der Waals surface area contributed by atoms with Gasteiger partial charge < -0.3 is 10.5 Å². The average Bonchev–Trinajstić information content (AvgIpc) is 2.84. The van der Waals surface area contributed by atoms with Crippen LogP contribution in [0.3, 0.4) is 0 Å². The van der Waals surface area contributed by atoms with Crippen molar-refractivity contribution in [2.45, 2.75) is 39.3 Å². The Morgan fingerprint density at radius 1 is 1.11 bits per heavy atom. The smallest absolute Gasteiger partial charge is 0.122 e. The van der Waals surface area contributed by atoms with Crippen LogP contribution in [0.5, 0.6) is 5.75 Å². The van der Waals surface area contributed by atoms with Gasteiger partial charge in [-0.05, 0) is 35.2 Å². The number of benzene rings is 1. The van der Waals surface area contributed by atoms with Crippen molar-refractivity contribution in [3.05, 3.63) is 51.7 Å². The van der Waals surface area contributed by atoms with Crippen molar-refractivity contribution in [3.63, 3.8) is 0 Å². The molecule has 0 unspecified atom stereocenters. The molecule has 0 radical (unpaired) electrons. The molecule has 0 saturated carbocycles. The largest absolute Gasteiger partial charge is 0.488 e. The van der Waals surface area contributed by atoms with Crippen molar-refractivity contribution < 1.29 is 4.74 Å². The van der Waals surface area contributed by atoms with Crippen LogP contribution in [0.15, 0.2) is 36.4 Å². The third kappa shape index (κ3) is 3.82. The van der Waals surface area contributed by atoms with Crippen LogP contribution in [-0.4, -0.2) is 0 Å². The van der Waals surface area contributed by atoms with Crippen LogP contribution in [0.1, 0.15) is 36.1 Å². The Kier molecular flexibility index (Phi) is 4.27. The van der Waals surface area contributed by atoms with E-state index in [1.54, 1.807) is 11.3 Å². The molecule has 19 heavy (non-hydrogen) atoms. The Morgan fingerprint density at radius 3 is 2.47 bits per heavy atom. The molecule has 2 aromatic rings. The molecule has 1 heterocycles. The molecule has 0 aliphatic rings. The number of rotatable bonds is 4. The van der Waals surface area contributed by atoms with Crippen molar-refractivity contribution in [2.24, 2.45) is 5.73 Å². The van der Waals surface area contributed by atoms with Crippen LogP contribution >= 0.6 is 11.3 Å². The summed E-state index contributed by atoms with van der Waals surface area (Å²) in [5.41, 5.74) is 7.05. The molecule has 0 fully saturated rings. The first-order valence-corrected chi connectivity index (χ1v) is 7.31. The highest BCUT2D eigenvalue weighted by Gasteiger charge is 2.13. The zero-order valence-electron chi connectivity index (χ0n) is 11.8. The molecule has 2 rings (SSSR count). The maximum Gasteiger partial charge on any atom is 0.122 e. The zero-order valence-corrected chi connectivity index (χ0v) is 12.6. The average molecular weight is 275 g/mol. The molecule has 0 bridgehead atoms. The van der Waals surface area contributed by atoms with E-state index in [2.05, 4.69) is 51.1 Å². The van der Waals surface area contributed by atoms with Crippen LogP contribution in [0, 0.1) is 0 Å². The lowest BCUT2D eigenvalue weighted by atomic mass is 9.87. The maximum absolute atomic E-state index is 5.86. The van der Waals surface area contributed by atoms with Crippen LogP contribution < -0.4 is 10.5 Å². The van der Waals surface area contributed by atoms with Gasteiger partial charge in [0.1, 0.15) is 12.4 Å². The SMILES string of the molecule is CC(C)(C)c1cccc(OCc2ccc(CN)s2)c1. The molecule has 0 aliphatic heterocycles. The zero-order chi connectivity index (χ0) is 13.9. The molecule has 0 amide bonds. The third-order valence-corrected chi connectivity index (χ3v) is 4.08. The molecule has 3 heteroatoms. The van der Waals surface area contributed by atoms with E-state index in [4.69, 9.17) is 10.5 Å². The summed E-state index contributed by atoms with van der Waals surface area (Å²) in [6, 6.07) is 12.5. The summed E-state index contributed by atoms with van der Waals surface area (Å²) in [5, 5.41) is 0.